The molecule has 0 heterocycles. The summed E-state index contributed by atoms with van der Waals surface area (Å²) in [6.45, 7) is 0. The standard InChI is InChI=1S/C17H16N2O2/c20-14-8-4-5-12(9-14)11-18-19-17(21)16-10-15(16)13-6-2-1-3-7-13/h1-9,11,15-16,20H,10H2,(H,19,21)/b18-11-/t15-,16+/m0/s1. The molecule has 21 heavy (non-hydrogen) atoms. The highest BCUT2D eigenvalue weighted by Gasteiger charge is 2.43. The molecule has 1 saturated carbocycles. The van der Waals surface area contributed by atoms with Gasteiger partial charge >= 0.3 is 0 Å². The molecule has 2 atom stereocenters. The molecular formula is C17H16N2O2. The van der Waals surface area contributed by atoms with Gasteiger partial charge in [-0.2, -0.15) is 5.10 Å². The highest BCUT2D eigenvalue weighted by atomic mass is 16.3. The topological polar surface area (TPSA) is 61.7 Å². The number of aromatic hydroxyl groups is 1. The van der Waals surface area contributed by atoms with E-state index in [4.69, 9.17) is 0 Å². The summed E-state index contributed by atoms with van der Waals surface area (Å²) in [5.74, 6) is 0.438. The molecule has 2 aromatic carbocycles. The summed E-state index contributed by atoms with van der Waals surface area (Å²) in [4.78, 5) is 12.0. The zero-order valence-electron chi connectivity index (χ0n) is 11.4. The third-order valence-electron chi connectivity index (χ3n) is 3.61. The van der Waals surface area contributed by atoms with E-state index in [9.17, 15) is 9.90 Å². The van der Waals surface area contributed by atoms with Crippen LogP contribution in [0, 0.1) is 5.92 Å². The number of phenolic OH excluding ortho intramolecular Hbond substituents is 1. The molecule has 1 aliphatic carbocycles. The highest BCUT2D eigenvalue weighted by molar-refractivity contribution is 5.85. The van der Waals surface area contributed by atoms with E-state index < -0.39 is 0 Å². The van der Waals surface area contributed by atoms with E-state index in [1.54, 1.807) is 24.3 Å². The third kappa shape index (κ3) is 3.28. The van der Waals surface area contributed by atoms with Crippen molar-refractivity contribution in [3.8, 4) is 5.75 Å². The molecule has 0 unspecified atom stereocenters. The second kappa shape index (κ2) is 5.79. The summed E-state index contributed by atoms with van der Waals surface area (Å²) in [6, 6.07) is 16.8. The van der Waals surface area contributed by atoms with Crippen LogP contribution in [0.25, 0.3) is 0 Å². The fraction of sp³-hybridized carbons (Fsp3) is 0.176. The first-order valence-corrected chi connectivity index (χ1v) is 6.91. The maximum Gasteiger partial charge on any atom is 0.243 e. The van der Waals surface area contributed by atoms with E-state index >= 15 is 0 Å². The zero-order valence-corrected chi connectivity index (χ0v) is 11.4. The molecule has 1 fully saturated rings. The Hall–Kier alpha value is -2.62. The van der Waals surface area contributed by atoms with Crippen LogP contribution in [-0.4, -0.2) is 17.2 Å². The van der Waals surface area contributed by atoms with Gasteiger partial charge in [-0.3, -0.25) is 4.79 Å². The van der Waals surface area contributed by atoms with Gasteiger partial charge in [-0.15, -0.1) is 0 Å². The van der Waals surface area contributed by atoms with Crippen LogP contribution in [0.5, 0.6) is 5.75 Å². The molecule has 0 radical (unpaired) electrons. The smallest absolute Gasteiger partial charge is 0.243 e. The van der Waals surface area contributed by atoms with Gasteiger partial charge < -0.3 is 5.11 Å². The van der Waals surface area contributed by atoms with Crippen molar-refractivity contribution in [3.05, 3.63) is 65.7 Å². The number of nitrogens with one attached hydrogen (secondary N) is 1. The number of hydrogen-bond acceptors (Lipinski definition) is 3. The van der Waals surface area contributed by atoms with Crippen LogP contribution >= 0.6 is 0 Å². The first kappa shape index (κ1) is 13.4. The molecule has 2 aromatic rings. The minimum absolute atomic E-state index is 0.00808. The van der Waals surface area contributed by atoms with Crippen molar-refractivity contribution in [1.82, 2.24) is 5.43 Å². The summed E-state index contributed by atoms with van der Waals surface area (Å²) in [7, 11) is 0. The van der Waals surface area contributed by atoms with E-state index in [2.05, 4.69) is 10.5 Å². The lowest BCUT2D eigenvalue weighted by Gasteiger charge is -2.00. The van der Waals surface area contributed by atoms with Gasteiger partial charge in [0.15, 0.2) is 0 Å². The summed E-state index contributed by atoms with van der Waals surface area (Å²) in [6.07, 6.45) is 2.40. The second-order valence-electron chi connectivity index (χ2n) is 5.19. The number of carbonyl (C=O) groups excluding carboxylic acids is 1. The fourth-order valence-corrected chi connectivity index (χ4v) is 2.41. The lowest BCUT2D eigenvalue weighted by atomic mass is 10.1. The van der Waals surface area contributed by atoms with Gasteiger partial charge in [0, 0.05) is 5.92 Å². The zero-order chi connectivity index (χ0) is 14.7. The van der Waals surface area contributed by atoms with Crippen molar-refractivity contribution in [1.29, 1.82) is 0 Å². The maximum atomic E-state index is 12.0. The molecule has 0 aliphatic heterocycles. The predicted octanol–water partition coefficient (Wildman–Crippen LogP) is 2.65. The Labute approximate surface area is 123 Å². The SMILES string of the molecule is O=C(N/N=C\c1cccc(O)c1)[C@@H]1C[C@H]1c1ccccc1. The van der Waals surface area contributed by atoms with Crippen molar-refractivity contribution in [2.75, 3.05) is 0 Å². The number of amides is 1. The van der Waals surface area contributed by atoms with Gasteiger partial charge in [0.25, 0.3) is 0 Å². The largest absolute Gasteiger partial charge is 0.508 e. The molecule has 4 nitrogen and oxygen atoms in total. The fourth-order valence-electron chi connectivity index (χ4n) is 2.41. The Morgan fingerprint density at radius 2 is 2.00 bits per heavy atom. The van der Waals surface area contributed by atoms with E-state index in [0.29, 0.717) is 5.92 Å². The monoisotopic (exact) mass is 280 g/mol. The molecule has 0 bridgehead atoms. The molecule has 2 N–H and O–H groups in total. The third-order valence-corrected chi connectivity index (χ3v) is 3.61. The van der Waals surface area contributed by atoms with Crippen molar-refractivity contribution < 1.29 is 9.90 Å². The van der Waals surface area contributed by atoms with E-state index in [1.165, 1.54) is 11.8 Å². The molecule has 1 aliphatic rings. The van der Waals surface area contributed by atoms with Crippen molar-refractivity contribution in [2.45, 2.75) is 12.3 Å². The molecule has 0 saturated heterocycles. The number of carbonyl (C=O) groups is 1. The van der Waals surface area contributed by atoms with Gasteiger partial charge in [0.1, 0.15) is 5.75 Å². The van der Waals surface area contributed by atoms with Crippen LogP contribution in [0.1, 0.15) is 23.5 Å². The number of nitrogens with zero attached hydrogens (tertiary/aromatic N) is 1. The Morgan fingerprint density at radius 3 is 2.76 bits per heavy atom. The Morgan fingerprint density at radius 1 is 1.19 bits per heavy atom. The normalized spacial score (nSPS) is 20.4. The van der Waals surface area contributed by atoms with E-state index in [-0.39, 0.29) is 17.6 Å². The Bertz CT molecular complexity index is 668. The molecule has 106 valence electrons. The van der Waals surface area contributed by atoms with Crippen molar-refractivity contribution >= 4 is 12.1 Å². The summed E-state index contributed by atoms with van der Waals surface area (Å²) in [5.41, 5.74) is 4.51. The number of hydrazone groups is 1. The number of hydrogen-bond donors (Lipinski definition) is 2. The molecule has 3 rings (SSSR count). The van der Waals surface area contributed by atoms with Crippen molar-refractivity contribution in [2.24, 2.45) is 11.0 Å². The van der Waals surface area contributed by atoms with Gasteiger partial charge in [0.05, 0.1) is 6.21 Å². The van der Waals surface area contributed by atoms with Crippen LogP contribution in [0.15, 0.2) is 59.7 Å². The summed E-state index contributed by atoms with van der Waals surface area (Å²) in [5, 5.41) is 13.3. The number of benzene rings is 2. The molecule has 0 aromatic heterocycles. The van der Waals surface area contributed by atoms with Gasteiger partial charge in [-0.1, -0.05) is 42.5 Å². The average molecular weight is 280 g/mol. The van der Waals surface area contributed by atoms with E-state index in [0.717, 1.165) is 12.0 Å². The van der Waals surface area contributed by atoms with E-state index in [1.807, 2.05) is 30.3 Å². The number of rotatable bonds is 4. The average Bonchev–Trinajstić information content (AvgIpc) is 3.29. The quantitative estimate of drug-likeness (QED) is 0.668. The van der Waals surface area contributed by atoms with Crippen LogP contribution in [0.3, 0.4) is 0 Å². The maximum absolute atomic E-state index is 12.0. The first-order valence-electron chi connectivity index (χ1n) is 6.91. The van der Waals surface area contributed by atoms with Gasteiger partial charge in [-0.25, -0.2) is 5.43 Å². The Kier molecular flexibility index (Phi) is 3.69. The molecule has 4 heteroatoms. The Balaban J connectivity index is 1.54. The molecular weight excluding hydrogens is 264 g/mol. The second-order valence-corrected chi connectivity index (χ2v) is 5.19. The summed E-state index contributed by atoms with van der Waals surface area (Å²) < 4.78 is 0. The van der Waals surface area contributed by atoms with Crippen molar-refractivity contribution in [3.63, 3.8) is 0 Å². The summed E-state index contributed by atoms with van der Waals surface area (Å²) >= 11 is 0. The number of phenols is 1. The van der Waals surface area contributed by atoms with Crippen LogP contribution in [0.2, 0.25) is 0 Å². The van der Waals surface area contributed by atoms with Crippen LogP contribution < -0.4 is 5.43 Å². The lowest BCUT2D eigenvalue weighted by Crippen LogP contribution is -2.20. The first-order chi connectivity index (χ1) is 10.2. The molecule has 1 amide bonds. The van der Waals surface area contributed by atoms with Crippen LogP contribution in [0.4, 0.5) is 0 Å². The molecule has 0 spiro atoms. The van der Waals surface area contributed by atoms with Crippen LogP contribution in [-0.2, 0) is 4.79 Å². The predicted molar refractivity (Wildman–Crippen MR) is 81.1 cm³/mol. The minimum Gasteiger partial charge on any atom is -0.508 e. The van der Waals surface area contributed by atoms with Gasteiger partial charge in [0.2, 0.25) is 5.91 Å². The highest BCUT2D eigenvalue weighted by Crippen LogP contribution is 2.47. The minimum atomic E-state index is -0.0553. The van der Waals surface area contributed by atoms with Gasteiger partial charge in [-0.05, 0) is 35.6 Å². The lowest BCUT2D eigenvalue weighted by molar-refractivity contribution is -0.122.